The van der Waals surface area contributed by atoms with Crippen molar-refractivity contribution in [1.29, 1.82) is 0 Å². The molecule has 1 atom stereocenters. The predicted octanol–water partition coefficient (Wildman–Crippen LogP) is 5.07. The molecule has 1 unspecified atom stereocenters. The summed E-state index contributed by atoms with van der Waals surface area (Å²) in [5, 5.41) is 9.15. The zero-order valence-electron chi connectivity index (χ0n) is 12.7. The lowest BCUT2D eigenvalue weighted by atomic mass is 9.95. The van der Waals surface area contributed by atoms with Gasteiger partial charge in [-0.05, 0) is 31.2 Å². The summed E-state index contributed by atoms with van der Waals surface area (Å²) in [5.41, 5.74) is 1.40. The molecule has 2 heteroatoms. The number of aryl methyl sites for hydroxylation is 1. The van der Waals surface area contributed by atoms with Gasteiger partial charge in [0.25, 0.3) is 0 Å². The van der Waals surface area contributed by atoms with Crippen molar-refractivity contribution in [3.05, 3.63) is 35.9 Å². The fourth-order valence-corrected chi connectivity index (χ4v) is 2.56. The van der Waals surface area contributed by atoms with Crippen LogP contribution in [0.1, 0.15) is 63.9 Å². The van der Waals surface area contributed by atoms with E-state index in [-0.39, 0.29) is 5.92 Å². The van der Waals surface area contributed by atoms with Crippen LogP contribution in [0.15, 0.2) is 30.3 Å². The Labute approximate surface area is 123 Å². The lowest BCUT2D eigenvalue weighted by molar-refractivity contribution is -0.142. The largest absolute Gasteiger partial charge is 0.481 e. The van der Waals surface area contributed by atoms with Crippen molar-refractivity contribution < 1.29 is 9.90 Å². The van der Waals surface area contributed by atoms with Crippen LogP contribution in [0.4, 0.5) is 0 Å². The van der Waals surface area contributed by atoms with Gasteiger partial charge in [-0.1, -0.05) is 69.4 Å². The summed E-state index contributed by atoms with van der Waals surface area (Å²) in [6.45, 7) is 2.11. The molecule has 1 N–H and O–H groups in total. The van der Waals surface area contributed by atoms with Crippen molar-refractivity contribution in [2.45, 2.75) is 64.7 Å². The number of aliphatic carboxylic acids is 1. The number of hydrogen-bond acceptors (Lipinski definition) is 1. The Morgan fingerprint density at radius 3 is 2.30 bits per heavy atom. The van der Waals surface area contributed by atoms with Crippen molar-refractivity contribution in [3.63, 3.8) is 0 Å². The molecule has 0 aromatic heterocycles. The molecule has 0 saturated heterocycles. The fourth-order valence-electron chi connectivity index (χ4n) is 2.56. The Balaban J connectivity index is 2.07. The summed E-state index contributed by atoms with van der Waals surface area (Å²) >= 11 is 0. The van der Waals surface area contributed by atoms with E-state index in [1.165, 1.54) is 18.4 Å². The van der Waals surface area contributed by atoms with Gasteiger partial charge in [-0.25, -0.2) is 0 Å². The number of unbranched alkanes of at least 4 members (excludes halogenated alkanes) is 4. The number of rotatable bonds is 11. The first kappa shape index (κ1) is 16.7. The van der Waals surface area contributed by atoms with E-state index in [4.69, 9.17) is 5.11 Å². The first-order chi connectivity index (χ1) is 9.74. The van der Waals surface area contributed by atoms with Gasteiger partial charge in [0.1, 0.15) is 0 Å². The number of hydrogen-bond donors (Lipinski definition) is 1. The molecular weight excluding hydrogens is 248 g/mol. The van der Waals surface area contributed by atoms with Gasteiger partial charge in [0.15, 0.2) is 0 Å². The highest BCUT2D eigenvalue weighted by molar-refractivity contribution is 5.69. The van der Waals surface area contributed by atoms with Crippen LogP contribution >= 0.6 is 0 Å². The molecule has 0 aliphatic rings. The average molecular weight is 276 g/mol. The van der Waals surface area contributed by atoms with Crippen molar-refractivity contribution in [2.24, 2.45) is 5.92 Å². The molecule has 1 rings (SSSR count). The Bertz CT molecular complexity index is 359. The summed E-state index contributed by atoms with van der Waals surface area (Å²) in [6, 6.07) is 10.6. The maximum absolute atomic E-state index is 11.1. The van der Waals surface area contributed by atoms with E-state index in [1.807, 2.05) is 6.07 Å². The lowest BCUT2D eigenvalue weighted by Gasteiger charge is -2.11. The van der Waals surface area contributed by atoms with E-state index in [0.29, 0.717) is 0 Å². The molecule has 20 heavy (non-hydrogen) atoms. The molecule has 1 aromatic rings. The van der Waals surface area contributed by atoms with Crippen molar-refractivity contribution in [1.82, 2.24) is 0 Å². The van der Waals surface area contributed by atoms with E-state index in [2.05, 4.69) is 31.2 Å². The third-order valence-corrected chi connectivity index (χ3v) is 3.87. The van der Waals surface area contributed by atoms with Gasteiger partial charge in [-0.3, -0.25) is 4.79 Å². The van der Waals surface area contributed by atoms with Gasteiger partial charge < -0.3 is 5.11 Å². The maximum atomic E-state index is 11.1. The van der Waals surface area contributed by atoms with Crippen molar-refractivity contribution in [3.8, 4) is 0 Å². The number of carboxylic acid groups (broad SMARTS) is 1. The van der Waals surface area contributed by atoms with Crippen LogP contribution in [0.2, 0.25) is 0 Å². The zero-order chi connectivity index (χ0) is 14.6. The molecule has 0 fully saturated rings. The number of carbonyl (C=O) groups is 1. The van der Waals surface area contributed by atoms with Crippen LogP contribution in [-0.4, -0.2) is 11.1 Å². The van der Waals surface area contributed by atoms with Crippen LogP contribution in [0.5, 0.6) is 0 Å². The first-order valence-corrected chi connectivity index (χ1v) is 8.00. The molecule has 0 spiro atoms. The second kappa shape index (κ2) is 10.5. The number of benzene rings is 1. The van der Waals surface area contributed by atoms with Crippen LogP contribution in [-0.2, 0) is 11.2 Å². The normalized spacial score (nSPS) is 12.2. The summed E-state index contributed by atoms with van der Waals surface area (Å²) in [6.07, 6.45) is 9.56. The summed E-state index contributed by atoms with van der Waals surface area (Å²) in [5.74, 6) is -0.730. The quantitative estimate of drug-likeness (QED) is 0.573. The molecule has 0 bridgehead atoms. The van der Waals surface area contributed by atoms with Crippen LogP contribution in [0, 0.1) is 5.92 Å². The Hall–Kier alpha value is -1.31. The van der Waals surface area contributed by atoms with Gasteiger partial charge >= 0.3 is 5.97 Å². The van der Waals surface area contributed by atoms with Crippen LogP contribution < -0.4 is 0 Å². The zero-order valence-corrected chi connectivity index (χ0v) is 12.7. The van der Waals surface area contributed by atoms with Gasteiger partial charge in [0.05, 0.1) is 5.92 Å². The average Bonchev–Trinajstić information content (AvgIpc) is 2.46. The topological polar surface area (TPSA) is 37.3 Å². The SMILES string of the molecule is CCCCC(CCCCCCc1ccccc1)C(=O)O. The van der Waals surface area contributed by atoms with E-state index in [9.17, 15) is 4.79 Å². The van der Waals surface area contributed by atoms with Gasteiger partial charge in [-0.15, -0.1) is 0 Å². The van der Waals surface area contributed by atoms with E-state index < -0.39 is 5.97 Å². The van der Waals surface area contributed by atoms with E-state index in [0.717, 1.165) is 44.9 Å². The minimum atomic E-state index is -0.609. The summed E-state index contributed by atoms with van der Waals surface area (Å²) in [4.78, 5) is 11.1. The molecule has 2 nitrogen and oxygen atoms in total. The molecular formula is C18H28O2. The number of carboxylic acids is 1. The lowest BCUT2D eigenvalue weighted by Crippen LogP contribution is -2.13. The Morgan fingerprint density at radius 1 is 1.00 bits per heavy atom. The Kier molecular flexibility index (Phi) is 8.77. The highest BCUT2D eigenvalue weighted by Crippen LogP contribution is 2.18. The third kappa shape index (κ3) is 7.32. The van der Waals surface area contributed by atoms with Crippen molar-refractivity contribution in [2.75, 3.05) is 0 Å². The molecule has 0 heterocycles. The van der Waals surface area contributed by atoms with E-state index >= 15 is 0 Å². The van der Waals surface area contributed by atoms with E-state index in [1.54, 1.807) is 0 Å². The molecule has 0 aliphatic heterocycles. The molecule has 0 amide bonds. The van der Waals surface area contributed by atoms with Gasteiger partial charge in [0.2, 0.25) is 0 Å². The van der Waals surface area contributed by atoms with Gasteiger partial charge in [0, 0.05) is 0 Å². The summed E-state index contributed by atoms with van der Waals surface area (Å²) < 4.78 is 0. The van der Waals surface area contributed by atoms with Crippen LogP contribution in [0.25, 0.3) is 0 Å². The first-order valence-electron chi connectivity index (χ1n) is 8.00. The molecule has 112 valence electrons. The molecule has 0 aliphatic carbocycles. The molecule has 1 aromatic carbocycles. The highest BCUT2D eigenvalue weighted by Gasteiger charge is 2.15. The monoisotopic (exact) mass is 276 g/mol. The highest BCUT2D eigenvalue weighted by atomic mass is 16.4. The molecule has 0 saturated carbocycles. The Morgan fingerprint density at radius 2 is 1.65 bits per heavy atom. The third-order valence-electron chi connectivity index (χ3n) is 3.87. The second-order valence-corrected chi connectivity index (χ2v) is 5.62. The smallest absolute Gasteiger partial charge is 0.306 e. The standard InChI is InChI=1S/C18H28O2/c1-2-3-14-17(18(19)20)15-10-5-4-7-11-16-12-8-6-9-13-16/h6,8-9,12-13,17H,2-5,7,10-11,14-15H2,1H3,(H,19,20). The minimum absolute atomic E-state index is 0.121. The minimum Gasteiger partial charge on any atom is -0.481 e. The van der Waals surface area contributed by atoms with Gasteiger partial charge in [-0.2, -0.15) is 0 Å². The van der Waals surface area contributed by atoms with Crippen LogP contribution in [0.3, 0.4) is 0 Å². The predicted molar refractivity (Wildman–Crippen MR) is 83.9 cm³/mol. The van der Waals surface area contributed by atoms with Crippen molar-refractivity contribution >= 4 is 5.97 Å². The summed E-state index contributed by atoms with van der Waals surface area (Å²) in [7, 11) is 0. The second-order valence-electron chi connectivity index (χ2n) is 5.62. The maximum Gasteiger partial charge on any atom is 0.306 e. The molecule has 0 radical (unpaired) electrons. The fraction of sp³-hybridized carbons (Fsp3) is 0.611.